The Morgan fingerprint density at radius 1 is 0.810 bits per heavy atom. The van der Waals surface area contributed by atoms with Crippen molar-refractivity contribution in [2.75, 3.05) is 35.4 Å². The molecule has 0 saturated carbocycles. The van der Waals surface area contributed by atoms with Gasteiger partial charge in [-0.2, -0.15) is 12.6 Å². The lowest BCUT2D eigenvalue weighted by atomic mass is 9.91. The molecule has 0 atom stereocenters. The van der Waals surface area contributed by atoms with E-state index in [2.05, 4.69) is 90.3 Å². The van der Waals surface area contributed by atoms with E-state index in [1.165, 1.54) is 26.5 Å². The third kappa shape index (κ3) is 7.23. The van der Waals surface area contributed by atoms with Gasteiger partial charge in [0.05, 0.1) is 6.61 Å². The molecule has 3 aromatic rings. The van der Waals surface area contributed by atoms with Crippen molar-refractivity contribution in [3.05, 3.63) is 99.8 Å². The van der Waals surface area contributed by atoms with E-state index < -0.39 is 17.8 Å². The van der Waals surface area contributed by atoms with E-state index in [4.69, 9.17) is 9.57 Å². The van der Waals surface area contributed by atoms with Crippen LogP contribution in [0, 0.1) is 0 Å². The van der Waals surface area contributed by atoms with Gasteiger partial charge in [0.2, 0.25) is 0 Å². The van der Waals surface area contributed by atoms with Crippen molar-refractivity contribution in [3.8, 4) is 0 Å². The molecule has 0 radical (unpaired) electrons. The molecular weight excluding hydrogens is 589 g/mol. The number of hydroxylamine groups is 2. The highest BCUT2D eigenvalue weighted by molar-refractivity contribution is 8.22. The number of thioether (sulfide) groups is 2. The monoisotopic (exact) mass is 620 g/mol. The highest BCUT2D eigenvalue weighted by Crippen LogP contribution is 2.50. The number of imide groups is 1. The molecule has 10 heteroatoms. The number of hydrogen-bond acceptors (Lipinski definition) is 9. The molecule has 3 aromatic carbocycles. The second kappa shape index (κ2) is 14.8. The second-order valence-electron chi connectivity index (χ2n) is 9.64. The summed E-state index contributed by atoms with van der Waals surface area (Å²) in [6.07, 6.45) is 1.09. The molecule has 7 nitrogen and oxygen atoms in total. The van der Waals surface area contributed by atoms with Crippen LogP contribution < -0.4 is 4.90 Å². The Bertz CT molecular complexity index is 1400. The molecule has 2 aliphatic rings. The van der Waals surface area contributed by atoms with Crippen LogP contribution in [-0.4, -0.2) is 53.3 Å². The molecule has 0 spiro atoms. The van der Waals surface area contributed by atoms with Crippen LogP contribution in [-0.2, 0) is 30.5 Å². The lowest BCUT2D eigenvalue weighted by molar-refractivity contribution is -0.200. The summed E-state index contributed by atoms with van der Waals surface area (Å²) >= 11 is 7.93. The Balaban J connectivity index is 1.35. The standard InChI is InChI=1S/C32H32N2O5S3/c35-28-15-16-29(36)34(28)39-30(37)22-38-17-20-42-32(41-19-8-18-40)31-24-11-4-6-13-26(24)33(21-23-9-2-1-3-10-23)27-14-7-5-12-25(27)31/h1-7,9-14,40H,8,15-22H2. The van der Waals surface area contributed by atoms with Crippen molar-refractivity contribution >= 4 is 70.9 Å². The average molecular weight is 621 g/mol. The van der Waals surface area contributed by atoms with Crippen molar-refractivity contribution in [2.45, 2.75) is 25.8 Å². The van der Waals surface area contributed by atoms with Gasteiger partial charge in [0.1, 0.15) is 6.61 Å². The first-order valence-electron chi connectivity index (χ1n) is 13.8. The molecule has 5 rings (SSSR count). The number of carbonyl (C=O) groups is 3. The molecule has 0 unspecified atom stereocenters. The van der Waals surface area contributed by atoms with Gasteiger partial charge in [-0.15, -0.1) is 28.6 Å². The smallest absolute Gasteiger partial charge is 0.358 e. The van der Waals surface area contributed by atoms with Crippen molar-refractivity contribution in [1.82, 2.24) is 5.06 Å². The maximum Gasteiger partial charge on any atom is 0.358 e. The minimum absolute atomic E-state index is 0.0578. The third-order valence-corrected chi connectivity index (χ3v) is 9.55. The van der Waals surface area contributed by atoms with Crippen LogP contribution in [0.5, 0.6) is 0 Å². The first-order chi connectivity index (χ1) is 20.6. The van der Waals surface area contributed by atoms with E-state index in [0.717, 1.165) is 35.8 Å². The number of ether oxygens (including phenoxy) is 1. The van der Waals surface area contributed by atoms with Gasteiger partial charge >= 0.3 is 5.97 Å². The zero-order valence-electron chi connectivity index (χ0n) is 23.1. The molecule has 42 heavy (non-hydrogen) atoms. The Morgan fingerprint density at radius 2 is 1.40 bits per heavy atom. The number of benzene rings is 3. The van der Waals surface area contributed by atoms with Crippen molar-refractivity contribution < 1.29 is 24.0 Å². The van der Waals surface area contributed by atoms with Crippen LogP contribution in [0.3, 0.4) is 0 Å². The number of fused-ring (bicyclic) bond motifs is 2. The summed E-state index contributed by atoms with van der Waals surface area (Å²) in [5.74, 6) is 0.575. The third-order valence-electron chi connectivity index (χ3n) is 6.73. The number of hydrogen-bond donors (Lipinski definition) is 1. The maximum atomic E-state index is 12.1. The number of para-hydroxylation sites is 2. The molecule has 2 heterocycles. The largest absolute Gasteiger partial charge is 0.369 e. The van der Waals surface area contributed by atoms with Crippen molar-refractivity contribution in [3.63, 3.8) is 0 Å². The first-order valence-corrected chi connectivity index (χ1v) is 16.4. The Labute approximate surface area is 260 Å². The minimum Gasteiger partial charge on any atom is -0.369 e. The van der Waals surface area contributed by atoms with Crippen LogP contribution >= 0.6 is 36.2 Å². The van der Waals surface area contributed by atoms with Gasteiger partial charge < -0.3 is 14.5 Å². The summed E-state index contributed by atoms with van der Waals surface area (Å²) in [6, 6.07) is 27.6. The fourth-order valence-electron chi connectivity index (χ4n) is 4.82. The lowest BCUT2D eigenvalue weighted by Gasteiger charge is -2.35. The van der Waals surface area contributed by atoms with Crippen molar-refractivity contribution in [1.29, 1.82) is 0 Å². The van der Waals surface area contributed by atoms with Gasteiger partial charge in [0.15, 0.2) is 0 Å². The fraction of sp³-hybridized carbons (Fsp3) is 0.281. The van der Waals surface area contributed by atoms with E-state index in [1.807, 2.05) is 17.8 Å². The van der Waals surface area contributed by atoms with Gasteiger partial charge in [-0.25, -0.2) is 4.79 Å². The molecule has 0 aromatic heterocycles. The summed E-state index contributed by atoms with van der Waals surface area (Å²) in [7, 11) is 0. The van der Waals surface area contributed by atoms with Crippen LogP contribution in [0.2, 0.25) is 0 Å². The first kappa shape index (κ1) is 30.3. The molecule has 0 bridgehead atoms. The summed E-state index contributed by atoms with van der Waals surface area (Å²) in [4.78, 5) is 42.8. The van der Waals surface area contributed by atoms with E-state index in [9.17, 15) is 14.4 Å². The SMILES string of the molecule is O=C(COCCSC(SCCCS)=C1c2ccccc2N(Cc2ccccc2)c2ccccc21)ON1C(=O)CCC1=O. The van der Waals surface area contributed by atoms with Gasteiger partial charge in [0.25, 0.3) is 11.8 Å². The van der Waals surface area contributed by atoms with Gasteiger partial charge in [-0.3, -0.25) is 9.59 Å². The summed E-state index contributed by atoms with van der Waals surface area (Å²) in [6.45, 7) is 0.724. The van der Waals surface area contributed by atoms with E-state index in [0.29, 0.717) is 17.4 Å². The van der Waals surface area contributed by atoms with Gasteiger partial charge in [0, 0.05) is 57.5 Å². The molecule has 1 saturated heterocycles. The average Bonchev–Trinajstić information content (AvgIpc) is 3.33. The van der Waals surface area contributed by atoms with Gasteiger partial charge in [-0.1, -0.05) is 66.7 Å². The summed E-state index contributed by atoms with van der Waals surface area (Å²) in [5.41, 5.74) is 7.11. The highest BCUT2D eigenvalue weighted by Gasteiger charge is 2.33. The molecule has 0 N–H and O–H groups in total. The number of anilines is 2. The molecular formula is C32H32N2O5S3. The zero-order valence-corrected chi connectivity index (χ0v) is 25.6. The molecule has 0 aliphatic carbocycles. The van der Waals surface area contributed by atoms with Crippen LogP contribution in [0.15, 0.2) is 83.1 Å². The Morgan fingerprint density at radius 3 is 2.05 bits per heavy atom. The topological polar surface area (TPSA) is 76.2 Å². The van der Waals surface area contributed by atoms with E-state index in [1.54, 1.807) is 11.8 Å². The van der Waals surface area contributed by atoms with E-state index in [-0.39, 0.29) is 19.4 Å². The predicted molar refractivity (Wildman–Crippen MR) is 173 cm³/mol. The van der Waals surface area contributed by atoms with Crippen LogP contribution in [0.1, 0.15) is 36.0 Å². The number of nitrogens with zero attached hydrogens (tertiary/aromatic N) is 2. The number of amides is 2. The molecule has 2 aliphatic heterocycles. The normalized spacial score (nSPS) is 14.2. The summed E-state index contributed by atoms with van der Waals surface area (Å²) in [5, 5.41) is 0.542. The Hall–Kier alpha value is -3.18. The summed E-state index contributed by atoms with van der Waals surface area (Å²) < 4.78 is 6.76. The van der Waals surface area contributed by atoms with Gasteiger partial charge in [-0.05, 0) is 35.6 Å². The molecule has 1 fully saturated rings. The number of carbonyl (C=O) groups excluding carboxylic acids is 3. The highest BCUT2D eigenvalue weighted by atomic mass is 32.2. The quantitative estimate of drug-likeness (QED) is 0.133. The molecule has 218 valence electrons. The van der Waals surface area contributed by atoms with E-state index >= 15 is 0 Å². The number of rotatable bonds is 13. The Kier molecular flexibility index (Phi) is 10.7. The predicted octanol–water partition coefficient (Wildman–Crippen LogP) is 6.47. The fourth-order valence-corrected chi connectivity index (χ4v) is 7.62. The van der Waals surface area contributed by atoms with Crippen molar-refractivity contribution in [2.24, 2.45) is 0 Å². The maximum absolute atomic E-state index is 12.1. The van der Waals surface area contributed by atoms with Crippen LogP contribution in [0.4, 0.5) is 11.4 Å². The molecule has 2 amide bonds. The zero-order chi connectivity index (χ0) is 29.3. The number of thiol groups is 1. The lowest BCUT2D eigenvalue weighted by Crippen LogP contribution is -2.33. The minimum atomic E-state index is -0.765. The second-order valence-corrected chi connectivity index (χ2v) is 12.6. The van der Waals surface area contributed by atoms with Crippen LogP contribution in [0.25, 0.3) is 5.57 Å².